The van der Waals surface area contributed by atoms with Crippen LogP contribution in [0.2, 0.25) is 0 Å². The summed E-state index contributed by atoms with van der Waals surface area (Å²) in [7, 11) is 1.47. The van der Waals surface area contributed by atoms with Gasteiger partial charge >= 0.3 is 19.8 Å². The molecule has 1 N–H and O–H groups in total. The van der Waals surface area contributed by atoms with Crippen molar-refractivity contribution in [2.24, 2.45) is 0 Å². The Kier molecular flexibility index (Phi) is 33.4. The highest BCUT2D eigenvalue weighted by atomic mass is 31.2. The molecule has 1 aliphatic heterocycles. The Balaban J connectivity index is 2.25. The van der Waals surface area contributed by atoms with Crippen molar-refractivity contribution in [3.05, 3.63) is 12.2 Å². The van der Waals surface area contributed by atoms with Crippen LogP contribution in [0, 0.1) is 0 Å². The number of phosphoric acid groups is 1. The van der Waals surface area contributed by atoms with E-state index >= 15 is 0 Å². The fourth-order valence-electron chi connectivity index (χ4n) is 6.90. The van der Waals surface area contributed by atoms with Crippen molar-refractivity contribution in [3.63, 3.8) is 0 Å². The predicted octanol–water partition coefficient (Wildman–Crippen LogP) is 12.3. The molecule has 4 atom stereocenters. The topological polar surface area (TPSA) is 121 Å². The fraction of sp³-hybridized carbons (Fsp3) is 0.913. The van der Waals surface area contributed by atoms with E-state index in [1.807, 2.05) is 21.1 Å². The van der Waals surface area contributed by atoms with Gasteiger partial charge in [-0.2, -0.15) is 0 Å². The number of quaternary nitrogens is 1. The SMILES string of the molecule is CCCCC/C=C\CC1OC1CCCCCCCC(=O)OC[C@H](COP(=O)(O)OCC[N+](C)(C)C)OC(=O)CCCCCCCCCCCCCCCCCCC. The van der Waals surface area contributed by atoms with Gasteiger partial charge in [-0.3, -0.25) is 18.6 Å². The Hall–Kier alpha value is -1.29. The Morgan fingerprint density at radius 3 is 1.67 bits per heavy atom. The number of hydrogen-bond acceptors (Lipinski definition) is 8. The van der Waals surface area contributed by atoms with Crippen molar-refractivity contribution in [2.75, 3.05) is 47.5 Å². The molecule has 3 unspecified atom stereocenters. The molecule has 1 aliphatic rings. The van der Waals surface area contributed by atoms with Crippen molar-refractivity contribution in [2.45, 2.75) is 225 Å². The number of carbonyl (C=O) groups is 2. The highest BCUT2D eigenvalue weighted by Gasteiger charge is 2.36. The maximum absolute atomic E-state index is 12.7. The minimum atomic E-state index is -4.38. The molecule has 1 fully saturated rings. The molecule has 0 radical (unpaired) electrons. The van der Waals surface area contributed by atoms with Crippen LogP contribution in [0.4, 0.5) is 0 Å². The molecule has 0 aromatic heterocycles. The van der Waals surface area contributed by atoms with Crippen molar-refractivity contribution in [3.8, 4) is 0 Å². The molecule has 0 bridgehead atoms. The molecule has 1 heterocycles. The van der Waals surface area contributed by atoms with Gasteiger partial charge in [0, 0.05) is 12.8 Å². The minimum absolute atomic E-state index is 0.0295. The number of rotatable bonds is 42. The number of allylic oxidation sites excluding steroid dienone is 1. The molecule has 11 heteroatoms. The van der Waals surface area contributed by atoms with Crippen molar-refractivity contribution < 1.29 is 46.8 Å². The zero-order chi connectivity index (χ0) is 41.9. The first kappa shape index (κ1) is 53.7. The van der Waals surface area contributed by atoms with Crippen LogP contribution in [0.5, 0.6) is 0 Å². The lowest BCUT2D eigenvalue weighted by Gasteiger charge is -2.24. The molecule has 0 aromatic carbocycles. The van der Waals surface area contributed by atoms with Crippen molar-refractivity contribution in [1.82, 2.24) is 0 Å². The predicted molar refractivity (Wildman–Crippen MR) is 233 cm³/mol. The third kappa shape index (κ3) is 36.3. The molecular formula is C46H89NO9P+. The third-order valence-corrected chi connectivity index (χ3v) is 11.7. The van der Waals surface area contributed by atoms with E-state index in [0.717, 1.165) is 57.8 Å². The number of phosphoric ester groups is 1. The summed E-state index contributed by atoms with van der Waals surface area (Å²) >= 11 is 0. The zero-order valence-corrected chi connectivity index (χ0v) is 38.4. The van der Waals surface area contributed by atoms with E-state index in [1.165, 1.54) is 116 Å². The van der Waals surface area contributed by atoms with Crippen LogP contribution in [0.3, 0.4) is 0 Å². The Labute approximate surface area is 350 Å². The van der Waals surface area contributed by atoms with Gasteiger partial charge in [0.15, 0.2) is 6.10 Å². The molecule has 0 spiro atoms. The molecule has 1 rings (SSSR count). The first-order valence-electron chi connectivity index (χ1n) is 23.5. The minimum Gasteiger partial charge on any atom is -0.462 e. The number of epoxide rings is 1. The quantitative estimate of drug-likeness (QED) is 0.0160. The first-order chi connectivity index (χ1) is 27.5. The number of ether oxygens (including phenoxy) is 3. The van der Waals surface area contributed by atoms with Crippen LogP contribution in [0.1, 0.15) is 206 Å². The summed E-state index contributed by atoms with van der Waals surface area (Å²) in [6, 6.07) is 0. The number of carbonyl (C=O) groups excluding carboxylic acids is 2. The molecule has 10 nitrogen and oxygen atoms in total. The number of likely N-dealkylation sites (N-methyl/N-ethyl adjacent to an activating group) is 1. The Morgan fingerprint density at radius 2 is 1.12 bits per heavy atom. The number of nitrogens with zero attached hydrogens (tertiary/aromatic N) is 1. The van der Waals surface area contributed by atoms with E-state index in [9.17, 15) is 19.0 Å². The summed E-state index contributed by atoms with van der Waals surface area (Å²) < 4.78 is 40.2. The maximum atomic E-state index is 12.7. The maximum Gasteiger partial charge on any atom is 0.472 e. The highest BCUT2D eigenvalue weighted by Crippen LogP contribution is 2.43. The number of esters is 2. The van der Waals surface area contributed by atoms with Gasteiger partial charge in [-0.15, -0.1) is 0 Å². The lowest BCUT2D eigenvalue weighted by Crippen LogP contribution is -2.37. The second-order valence-corrected chi connectivity index (χ2v) is 19.0. The molecule has 0 amide bonds. The van der Waals surface area contributed by atoms with Crippen molar-refractivity contribution in [1.29, 1.82) is 0 Å². The molecule has 0 saturated carbocycles. The van der Waals surface area contributed by atoms with E-state index < -0.39 is 26.5 Å². The van der Waals surface area contributed by atoms with Gasteiger partial charge in [0.1, 0.15) is 19.8 Å². The van der Waals surface area contributed by atoms with Crippen LogP contribution in [0.15, 0.2) is 12.2 Å². The van der Waals surface area contributed by atoms with Gasteiger partial charge in [0.2, 0.25) is 0 Å². The van der Waals surface area contributed by atoms with Gasteiger partial charge in [0.25, 0.3) is 0 Å². The number of hydrogen-bond donors (Lipinski definition) is 1. The van der Waals surface area contributed by atoms with Gasteiger partial charge < -0.3 is 23.6 Å². The molecular weight excluding hydrogens is 741 g/mol. The summed E-state index contributed by atoms with van der Waals surface area (Å²) in [6.45, 7) is 4.39. The van der Waals surface area contributed by atoms with Crippen LogP contribution >= 0.6 is 7.82 Å². The summed E-state index contributed by atoms with van der Waals surface area (Å²) in [5, 5.41) is 0. The first-order valence-corrected chi connectivity index (χ1v) is 25.0. The van der Waals surface area contributed by atoms with E-state index in [0.29, 0.717) is 29.7 Å². The lowest BCUT2D eigenvalue weighted by molar-refractivity contribution is -0.870. The van der Waals surface area contributed by atoms with Gasteiger partial charge in [-0.1, -0.05) is 167 Å². The van der Waals surface area contributed by atoms with E-state index in [-0.39, 0.29) is 32.0 Å². The highest BCUT2D eigenvalue weighted by molar-refractivity contribution is 7.47. The normalized spacial score (nSPS) is 17.2. The average molecular weight is 831 g/mol. The Morgan fingerprint density at radius 1 is 0.632 bits per heavy atom. The van der Waals surface area contributed by atoms with Crippen LogP contribution in [-0.4, -0.2) is 87.1 Å². The van der Waals surface area contributed by atoms with Crippen molar-refractivity contribution >= 4 is 19.8 Å². The zero-order valence-electron chi connectivity index (χ0n) is 37.5. The smallest absolute Gasteiger partial charge is 0.462 e. The van der Waals surface area contributed by atoms with E-state index in [1.54, 1.807) is 0 Å². The van der Waals surface area contributed by atoms with Crippen LogP contribution in [-0.2, 0) is 37.4 Å². The van der Waals surface area contributed by atoms with Crippen LogP contribution in [0.25, 0.3) is 0 Å². The summed E-state index contributed by atoms with van der Waals surface area (Å²) in [5.74, 6) is -0.811. The van der Waals surface area contributed by atoms with E-state index in [4.69, 9.17) is 23.3 Å². The summed E-state index contributed by atoms with van der Waals surface area (Å²) in [4.78, 5) is 35.5. The molecule has 336 valence electrons. The molecule has 57 heavy (non-hydrogen) atoms. The average Bonchev–Trinajstić information content (AvgIpc) is 3.92. The third-order valence-electron chi connectivity index (χ3n) is 10.7. The summed E-state index contributed by atoms with van der Waals surface area (Å²) in [6.07, 6.45) is 38.4. The molecule has 0 aromatic rings. The van der Waals surface area contributed by atoms with Gasteiger partial charge in [0.05, 0.1) is 40.0 Å². The van der Waals surface area contributed by atoms with E-state index in [2.05, 4.69) is 26.0 Å². The molecule has 1 saturated heterocycles. The monoisotopic (exact) mass is 831 g/mol. The van der Waals surface area contributed by atoms with Gasteiger partial charge in [-0.25, -0.2) is 4.57 Å². The lowest BCUT2D eigenvalue weighted by atomic mass is 10.0. The largest absolute Gasteiger partial charge is 0.472 e. The fourth-order valence-corrected chi connectivity index (χ4v) is 7.65. The van der Waals surface area contributed by atoms with Gasteiger partial charge in [-0.05, 0) is 38.5 Å². The standard InChI is InChI=1S/C46H88NO9P/c1-6-8-10-12-14-15-16-17-18-19-20-21-22-23-24-28-33-37-46(49)55-42(41-54-57(50,51)53-39-38-47(3,4)5)40-52-45(48)36-32-29-25-27-31-35-44-43(56-44)34-30-26-13-11-9-7-2/h26,30,42-44H,6-25,27-29,31-41H2,1-5H3/p+1/b30-26-/t42-,43?,44?/m1/s1. The van der Waals surface area contributed by atoms with Crippen LogP contribution < -0.4 is 0 Å². The summed E-state index contributed by atoms with van der Waals surface area (Å²) in [5.41, 5.74) is 0. The Bertz CT molecular complexity index is 1050. The number of unbranched alkanes of at least 4 members (excludes halogenated alkanes) is 23. The second kappa shape index (κ2) is 35.5. The second-order valence-electron chi connectivity index (χ2n) is 17.5. The molecule has 0 aliphatic carbocycles.